The first kappa shape index (κ1) is 19.9. The molecule has 1 aromatic carbocycles. The van der Waals surface area contributed by atoms with Gasteiger partial charge in [0.05, 0.1) is 35.4 Å². The van der Waals surface area contributed by atoms with Crippen LogP contribution >= 0.6 is 23.3 Å². The first-order valence-corrected chi connectivity index (χ1v) is 10.6. The Bertz CT molecular complexity index is 992. The minimum Gasteiger partial charge on any atom is -0.335 e. The molecule has 0 spiro atoms. The summed E-state index contributed by atoms with van der Waals surface area (Å²) in [6.45, 7) is 8.12. The number of rotatable bonds is 5. The summed E-state index contributed by atoms with van der Waals surface area (Å²) in [5.41, 5.74) is 4.13. The lowest BCUT2D eigenvalue weighted by Crippen LogP contribution is -2.48. The number of carbonyl (C=O) groups excluding carboxylic acids is 1. The molecule has 1 aliphatic heterocycles. The lowest BCUT2D eigenvalue weighted by molar-refractivity contribution is 0.0622. The summed E-state index contributed by atoms with van der Waals surface area (Å²) in [4.78, 5) is 17.2. The summed E-state index contributed by atoms with van der Waals surface area (Å²) < 4.78 is 10.2. The van der Waals surface area contributed by atoms with Gasteiger partial charge < -0.3 is 4.90 Å². The van der Waals surface area contributed by atoms with E-state index in [4.69, 9.17) is 11.6 Å². The smallest absolute Gasteiger partial charge is 0.276 e. The van der Waals surface area contributed by atoms with E-state index in [9.17, 15) is 4.79 Å². The van der Waals surface area contributed by atoms with E-state index in [1.54, 1.807) is 4.68 Å². The predicted octanol–water partition coefficient (Wildman–Crippen LogP) is 2.41. The van der Waals surface area contributed by atoms with Gasteiger partial charge in [-0.05, 0) is 31.5 Å². The van der Waals surface area contributed by atoms with Crippen LogP contribution in [0, 0.1) is 13.8 Å². The van der Waals surface area contributed by atoms with Crippen LogP contribution in [0.1, 0.15) is 33.1 Å². The maximum Gasteiger partial charge on any atom is 0.276 e. The van der Waals surface area contributed by atoms with Gasteiger partial charge in [-0.3, -0.25) is 9.69 Å². The highest BCUT2D eigenvalue weighted by atomic mass is 35.5. The molecule has 4 rings (SSSR count). The van der Waals surface area contributed by atoms with Crippen molar-refractivity contribution in [1.82, 2.24) is 33.5 Å². The largest absolute Gasteiger partial charge is 0.335 e. The van der Waals surface area contributed by atoms with E-state index in [0.29, 0.717) is 25.3 Å². The SMILES string of the molecule is Cc1nsnc1Cn1nnc(C(=O)N2CCN(Cc3ccc(Cl)cc3)CC2)c1C. The van der Waals surface area contributed by atoms with Crippen molar-refractivity contribution in [2.75, 3.05) is 26.2 Å². The molecular weight excluding hydrogens is 410 g/mol. The number of hydrogen-bond acceptors (Lipinski definition) is 7. The van der Waals surface area contributed by atoms with Crippen LogP contribution in [-0.2, 0) is 13.1 Å². The fraction of sp³-hybridized carbons (Fsp3) is 0.421. The summed E-state index contributed by atoms with van der Waals surface area (Å²) in [6.07, 6.45) is 0. The zero-order valence-corrected chi connectivity index (χ0v) is 17.9. The van der Waals surface area contributed by atoms with Gasteiger partial charge in [0.2, 0.25) is 0 Å². The molecule has 1 saturated heterocycles. The zero-order chi connectivity index (χ0) is 20.4. The average Bonchev–Trinajstić information content (AvgIpc) is 3.30. The third-order valence-electron chi connectivity index (χ3n) is 5.21. The number of hydrogen-bond donors (Lipinski definition) is 0. The molecule has 3 aromatic rings. The van der Waals surface area contributed by atoms with Gasteiger partial charge in [-0.25, -0.2) is 4.68 Å². The van der Waals surface area contributed by atoms with Crippen molar-refractivity contribution < 1.29 is 4.79 Å². The van der Waals surface area contributed by atoms with Gasteiger partial charge in [0.1, 0.15) is 0 Å². The van der Waals surface area contributed by atoms with Gasteiger partial charge >= 0.3 is 0 Å². The van der Waals surface area contributed by atoms with Crippen molar-refractivity contribution in [3.63, 3.8) is 0 Å². The second-order valence-corrected chi connectivity index (χ2v) is 8.14. The number of carbonyl (C=O) groups is 1. The fourth-order valence-corrected chi connectivity index (χ4v) is 4.03. The Morgan fingerprint density at radius 1 is 1.07 bits per heavy atom. The van der Waals surface area contributed by atoms with E-state index in [1.165, 1.54) is 17.3 Å². The van der Waals surface area contributed by atoms with E-state index in [2.05, 4.69) is 24.0 Å². The molecule has 0 N–H and O–H groups in total. The highest BCUT2D eigenvalue weighted by molar-refractivity contribution is 6.99. The van der Waals surface area contributed by atoms with Gasteiger partial charge in [-0.2, -0.15) is 8.75 Å². The molecule has 0 atom stereocenters. The van der Waals surface area contributed by atoms with Gasteiger partial charge in [0, 0.05) is 37.7 Å². The Morgan fingerprint density at radius 2 is 1.79 bits per heavy atom. The van der Waals surface area contributed by atoms with Gasteiger partial charge in [0.15, 0.2) is 5.69 Å². The number of aromatic nitrogens is 5. The zero-order valence-electron chi connectivity index (χ0n) is 16.4. The van der Waals surface area contributed by atoms with E-state index in [-0.39, 0.29) is 5.91 Å². The normalized spacial score (nSPS) is 15.1. The minimum atomic E-state index is -0.0620. The molecule has 8 nitrogen and oxygen atoms in total. The summed E-state index contributed by atoms with van der Waals surface area (Å²) in [5.74, 6) is -0.0620. The number of aryl methyl sites for hydroxylation is 1. The molecular formula is C19H22ClN7OS. The molecule has 152 valence electrons. The molecule has 0 radical (unpaired) electrons. The Kier molecular flexibility index (Phi) is 5.89. The molecule has 0 bridgehead atoms. The van der Waals surface area contributed by atoms with Crippen molar-refractivity contribution >= 4 is 29.2 Å². The standard InChI is InChI=1S/C19H22ClN7OS/c1-13-17(23-29-22-13)12-27-14(2)18(21-24-27)19(28)26-9-7-25(8-10-26)11-15-3-5-16(20)6-4-15/h3-6H,7-12H2,1-2H3. The van der Waals surface area contributed by atoms with Crippen molar-refractivity contribution in [3.05, 3.63) is 57.6 Å². The number of halogens is 1. The Hall–Kier alpha value is -2.36. The van der Waals surface area contributed by atoms with E-state index >= 15 is 0 Å². The van der Waals surface area contributed by atoms with Crippen LogP contribution in [0.25, 0.3) is 0 Å². The summed E-state index contributed by atoms with van der Waals surface area (Å²) in [6, 6.07) is 7.90. The number of nitrogens with zero attached hydrogens (tertiary/aromatic N) is 7. The summed E-state index contributed by atoms with van der Waals surface area (Å²) in [7, 11) is 0. The van der Waals surface area contributed by atoms with Crippen molar-refractivity contribution in [3.8, 4) is 0 Å². The first-order chi connectivity index (χ1) is 14.0. The Balaban J connectivity index is 1.36. The lowest BCUT2D eigenvalue weighted by Gasteiger charge is -2.34. The molecule has 0 aliphatic carbocycles. The second-order valence-electron chi connectivity index (χ2n) is 7.17. The van der Waals surface area contributed by atoms with Crippen molar-refractivity contribution in [2.45, 2.75) is 26.9 Å². The van der Waals surface area contributed by atoms with Crippen LogP contribution < -0.4 is 0 Å². The molecule has 29 heavy (non-hydrogen) atoms. The van der Waals surface area contributed by atoms with Gasteiger partial charge in [-0.15, -0.1) is 5.10 Å². The van der Waals surface area contributed by atoms with Crippen LogP contribution in [-0.4, -0.2) is 65.6 Å². The third-order valence-corrected chi connectivity index (χ3v) is 6.12. The predicted molar refractivity (Wildman–Crippen MR) is 111 cm³/mol. The molecule has 1 aliphatic rings. The molecule has 0 unspecified atom stereocenters. The number of piperazine rings is 1. The van der Waals surface area contributed by atoms with E-state index in [0.717, 1.165) is 41.7 Å². The Morgan fingerprint density at radius 3 is 2.45 bits per heavy atom. The van der Waals surface area contributed by atoms with Crippen molar-refractivity contribution in [2.24, 2.45) is 0 Å². The molecule has 10 heteroatoms. The summed E-state index contributed by atoms with van der Waals surface area (Å²) in [5, 5.41) is 9.05. The molecule has 3 heterocycles. The minimum absolute atomic E-state index is 0.0620. The van der Waals surface area contributed by atoms with Crippen LogP contribution in [0.2, 0.25) is 5.02 Å². The average molecular weight is 432 g/mol. The van der Waals surface area contributed by atoms with E-state index < -0.39 is 0 Å². The highest BCUT2D eigenvalue weighted by Gasteiger charge is 2.26. The maximum absolute atomic E-state index is 13.0. The maximum atomic E-state index is 13.0. The molecule has 1 fully saturated rings. The van der Waals surface area contributed by atoms with Crippen LogP contribution in [0.5, 0.6) is 0 Å². The highest BCUT2D eigenvalue weighted by Crippen LogP contribution is 2.15. The Labute approximate surface area is 178 Å². The monoisotopic (exact) mass is 431 g/mol. The fourth-order valence-electron chi connectivity index (χ4n) is 3.35. The van der Waals surface area contributed by atoms with E-state index in [1.807, 2.05) is 43.0 Å². The van der Waals surface area contributed by atoms with Crippen molar-refractivity contribution in [1.29, 1.82) is 0 Å². The first-order valence-electron chi connectivity index (χ1n) is 9.45. The van der Waals surface area contributed by atoms with Gasteiger partial charge in [-0.1, -0.05) is 28.9 Å². The quantitative estimate of drug-likeness (QED) is 0.617. The molecule has 1 amide bonds. The van der Waals surface area contributed by atoms with Gasteiger partial charge in [0.25, 0.3) is 5.91 Å². The topological polar surface area (TPSA) is 80.0 Å². The summed E-state index contributed by atoms with van der Waals surface area (Å²) >= 11 is 7.13. The van der Waals surface area contributed by atoms with Crippen LogP contribution in [0.4, 0.5) is 0 Å². The van der Waals surface area contributed by atoms with Crippen LogP contribution in [0.3, 0.4) is 0 Å². The third kappa shape index (κ3) is 4.47. The molecule has 2 aromatic heterocycles. The van der Waals surface area contributed by atoms with Crippen LogP contribution in [0.15, 0.2) is 24.3 Å². The number of amides is 1. The molecule has 0 saturated carbocycles. The second kappa shape index (κ2) is 8.56. The number of benzene rings is 1. The lowest BCUT2D eigenvalue weighted by atomic mass is 10.2.